The van der Waals surface area contributed by atoms with E-state index in [9.17, 15) is 4.79 Å². The quantitative estimate of drug-likeness (QED) is 0.683. The van der Waals surface area contributed by atoms with Gasteiger partial charge in [0.2, 0.25) is 0 Å². The number of carbonyl (C=O) groups is 1. The van der Waals surface area contributed by atoms with E-state index in [0.29, 0.717) is 24.4 Å². The van der Waals surface area contributed by atoms with E-state index in [0.717, 1.165) is 41.4 Å². The topological polar surface area (TPSA) is 65.4 Å². The molecule has 0 saturated carbocycles. The minimum atomic E-state index is 0.134. The molecule has 0 bridgehead atoms. The van der Waals surface area contributed by atoms with Crippen LogP contribution < -0.4 is 14.8 Å². The summed E-state index contributed by atoms with van der Waals surface area (Å²) in [6.45, 7) is 2.58. The fraction of sp³-hybridized carbons (Fsp3) is 0.273. The first-order valence-electron chi connectivity index (χ1n) is 9.49. The van der Waals surface area contributed by atoms with Crippen LogP contribution in [0.2, 0.25) is 0 Å². The van der Waals surface area contributed by atoms with E-state index in [-0.39, 0.29) is 5.78 Å². The number of hydrogen-bond donors (Lipinski definition) is 1. The predicted octanol–water partition coefficient (Wildman–Crippen LogP) is 4.54. The summed E-state index contributed by atoms with van der Waals surface area (Å²) in [5.41, 5.74) is 3.42. The number of methoxy groups -OCH3 is 1. The lowest BCUT2D eigenvalue weighted by atomic mass is 9.95. The first-order valence-corrected chi connectivity index (χ1v) is 9.49. The second-order valence-corrected chi connectivity index (χ2v) is 6.64. The highest BCUT2D eigenvalue weighted by atomic mass is 16.5. The molecule has 0 saturated heterocycles. The van der Waals surface area contributed by atoms with E-state index in [1.807, 2.05) is 60.1 Å². The molecule has 0 unspecified atom stereocenters. The number of benzene rings is 2. The number of nitrogens with zero attached hydrogens (tertiary/aromatic N) is 2. The number of carbonyl (C=O) groups excluding carboxylic acids is 1. The highest BCUT2D eigenvalue weighted by molar-refractivity contribution is 6.03. The summed E-state index contributed by atoms with van der Waals surface area (Å²) in [6.07, 6.45) is 2.22. The van der Waals surface area contributed by atoms with Gasteiger partial charge in [-0.05, 0) is 68.3 Å². The van der Waals surface area contributed by atoms with Gasteiger partial charge in [-0.2, -0.15) is 0 Å². The van der Waals surface area contributed by atoms with Crippen molar-refractivity contribution in [2.75, 3.05) is 19.0 Å². The van der Waals surface area contributed by atoms with Crippen LogP contribution in [0.25, 0.3) is 5.69 Å². The Bertz CT molecular complexity index is 976. The van der Waals surface area contributed by atoms with Gasteiger partial charge in [-0.3, -0.25) is 4.79 Å². The SMILES string of the molecule is CCOc1ccc(Nc2nn(-c3ccc(OC)cc3)c3c2C(=O)CCC3)cc1. The van der Waals surface area contributed by atoms with Gasteiger partial charge in [0.05, 0.1) is 30.7 Å². The number of ketones is 1. The van der Waals surface area contributed by atoms with Crippen LogP contribution >= 0.6 is 0 Å². The molecule has 0 aliphatic heterocycles. The molecule has 0 fully saturated rings. The van der Waals surface area contributed by atoms with Crippen molar-refractivity contribution >= 4 is 17.3 Å². The molecule has 6 nitrogen and oxygen atoms in total. The summed E-state index contributed by atoms with van der Waals surface area (Å²) in [6, 6.07) is 15.4. The van der Waals surface area contributed by atoms with E-state index in [4.69, 9.17) is 14.6 Å². The van der Waals surface area contributed by atoms with E-state index in [1.165, 1.54) is 0 Å². The Morgan fingerprint density at radius 2 is 1.75 bits per heavy atom. The number of Topliss-reactive ketones (excluding diaryl/α,β-unsaturated/α-hetero) is 1. The lowest BCUT2D eigenvalue weighted by Crippen LogP contribution is -2.13. The molecule has 144 valence electrons. The lowest BCUT2D eigenvalue weighted by molar-refractivity contribution is 0.0973. The molecule has 0 atom stereocenters. The zero-order valence-corrected chi connectivity index (χ0v) is 16.1. The Hall–Kier alpha value is -3.28. The molecule has 1 N–H and O–H groups in total. The summed E-state index contributed by atoms with van der Waals surface area (Å²) in [5.74, 6) is 2.33. The van der Waals surface area contributed by atoms with Crippen LogP contribution in [0.1, 0.15) is 35.8 Å². The van der Waals surface area contributed by atoms with Crippen molar-refractivity contribution in [1.82, 2.24) is 9.78 Å². The van der Waals surface area contributed by atoms with Crippen LogP contribution in [0.3, 0.4) is 0 Å². The van der Waals surface area contributed by atoms with Crippen LogP contribution in [-0.4, -0.2) is 29.3 Å². The predicted molar refractivity (Wildman–Crippen MR) is 108 cm³/mol. The molecule has 1 aromatic heterocycles. The number of ether oxygens (including phenoxy) is 2. The molecule has 2 aromatic carbocycles. The molecule has 0 spiro atoms. The van der Waals surface area contributed by atoms with Crippen LogP contribution in [-0.2, 0) is 6.42 Å². The first kappa shape index (κ1) is 18.1. The van der Waals surface area contributed by atoms with Gasteiger partial charge in [0.15, 0.2) is 11.6 Å². The Labute approximate surface area is 164 Å². The maximum absolute atomic E-state index is 12.6. The molecule has 28 heavy (non-hydrogen) atoms. The first-order chi connectivity index (χ1) is 13.7. The van der Waals surface area contributed by atoms with Crippen LogP contribution in [0, 0.1) is 0 Å². The number of hydrogen-bond acceptors (Lipinski definition) is 5. The van der Waals surface area contributed by atoms with Gasteiger partial charge in [0, 0.05) is 12.1 Å². The summed E-state index contributed by atoms with van der Waals surface area (Å²) in [4.78, 5) is 12.6. The second-order valence-electron chi connectivity index (χ2n) is 6.64. The summed E-state index contributed by atoms with van der Waals surface area (Å²) in [7, 11) is 1.64. The normalized spacial score (nSPS) is 13.1. The third kappa shape index (κ3) is 3.45. The third-order valence-electron chi connectivity index (χ3n) is 4.82. The lowest BCUT2D eigenvalue weighted by Gasteiger charge is -2.14. The van der Waals surface area contributed by atoms with Gasteiger partial charge in [0.25, 0.3) is 0 Å². The standard InChI is InChI=1S/C22H23N3O3/c1-3-28-18-11-7-15(8-12-18)23-22-21-19(5-4-6-20(21)26)25(24-22)16-9-13-17(27-2)14-10-16/h7-14H,3-6H2,1-2H3,(H,23,24). The Morgan fingerprint density at radius 3 is 2.43 bits per heavy atom. The Kier molecular flexibility index (Phi) is 5.02. The van der Waals surface area contributed by atoms with Crippen molar-refractivity contribution in [2.24, 2.45) is 0 Å². The third-order valence-corrected chi connectivity index (χ3v) is 4.82. The van der Waals surface area contributed by atoms with Crippen LogP contribution in [0.15, 0.2) is 48.5 Å². The van der Waals surface area contributed by atoms with Gasteiger partial charge in [-0.15, -0.1) is 5.10 Å². The van der Waals surface area contributed by atoms with E-state index in [2.05, 4.69) is 5.32 Å². The van der Waals surface area contributed by atoms with Gasteiger partial charge in [-0.25, -0.2) is 4.68 Å². The van der Waals surface area contributed by atoms with Gasteiger partial charge >= 0.3 is 0 Å². The maximum atomic E-state index is 12.6. The second kappa shape index (κ2) is 7.76. The van der Waals surface area contributed by atoms with E-state index in [1.54, 1.807) is 7.11 Å². The number of nitrogens with one attached hydrogen (secondary N) is 1. The van der Waals surface area contributed by atoms with E-state index < -0.39 is 0 Å². The van der Waals surface area contributed by atoms with Crippen molar-refractivity contribution in [3.05, 3.63) is 59.8 Å². The molecule has 1 aliphatic rings. The zero-order valence-electron chi connectivity index (χ0n) is 16.1. The van der Waals surface area contributed by atoms with Crippen molar-refractivity contribution in [2.45, 2.75) is 26.2 Å². The largest absolute Gasteiger partial charge is 0.497 e. The smallest absolute Gasteiger partial charge is 0.168 e. The molecule has 0 radical (unpaired) electrons. The highest BCUT2D eigenvalue weighted by Gasteiger charge is 2.27. The molecule has 1 aliphatic carbocycles. The zero-order chi connectivity index (χ0) is 19.5. The van der Waals surface area contributed by atoms with Gasteiger partial charge in [-0.1, -0.05) is 0 Å². The molecule has 3 aromatic rings. The molecular weight excluding hydrogens is 354 g/mol. The fourth-order valence-electron chi connectivity index (χ4n) is 3.48. The molecule has 0 amide bonds. The number of anilines is 2. The molecule has 6 heteroatoms. The number of fused-ring (bicyclic) bond motifs is 1. The molecule has 4 rings (SSSR count). The minimum absolute atomic E-state index is 0.134. The Balaban J connectivity index is 1.70. The van der Waals surface area contributed by atoms with Crippen molar-refractivity contribution in [1.29, 1.82) is 0 Å². The maximum Gasteiger partial charge on any atom is 0.168 e. The summed E-state index contributed by atoms with van der Waals surface area (Å²) in [5, 5.41) is 8.05. The van der Waals surface area contributed by atoms with E-state index >= 15 is 0 Å². The molecular formula is C22H23N3O3. The monoisotopic (exact) mass is 377 g/mol. The summed E-state index contributed by atoms with van der Waals surface area (Å²) < 4.78 is 12.6. The highest BCUT2D eigenvalue weighted by Crippen LogP contribution is 2.32. The fourth-order valence-corrected chi connectivity index (χ4v) is 3.48. The van der Waals surface area contributed by atoms with Crippen LogP contribution in [0.4, 0.5) is 11.5 Å². The Morgan fingerprint density at radius 1 is 1.04 bits per heavy atom. The average Bonchev–Trinajstić information content (AvgIpc) is 3.09. The van der Waals surface area contributed by atoms with Crippen molar-refractivity contribution < 1.29 is 14.3 Å². The average molecular weight is 377 g/mol. The van der Waals surface area contributed by atoms with Crippen molar-refractivity contribution in [3.8, 4) is 17.2 Å². The minimum Gasteiger partial charge on any atom is -0.497 e. The van der Waals surface area contributed by atoms with Gasteiger partial charge in [0.1, 0.15) is 11.5 Å². The van der Waals surface area contributed by atoms with Crippen LogP contribution in [0.5, 0.6) is 11.5 Å². The van der Waals surface area contributed by atoms with Crippen molar-refractivity contribution in [3.63, 3.8) is 0 Å². The van der Waals surface area contributed by atoms with Gasteiger partial charge < -0.3 is 14.8 Å². The molecule has 1 heterocycles. The number of aromatic nitrogens is 2. The number of rotatable bonds is 6. The summed E-state index contributed by atoms with van der Waals surface area (Å²) >= 11 is 0.